The number of anilines is 1. The first-order chi connectivity index (χ1) is 34.7. The van der Waals surface area contributed by atoms with E-state index in [1.165, 1.54) is 34.3 Å². The average Bonchev–Trinajstić information content (AvgIpc) is 3.63. The zero-order chi connectivity index (χ0) is 50.6. The van der Waals surface area contributed by atoms with Crippen LogP contribution < -0.4 is 34.8 Å². The molecule has 5 N–H and O–H groups in total. The quantitative estimate of drug-likeness (QED) is 0.0263. The standard InChI is InChI=1S/C56H72N4O10S2/c1-2-3-7-18-39(61)23-25-42-41(48(62)36-49(42)63)19-8-4-5-9-22-51(64)57-27-10-6-11-28-58-71(65,66)40-24-26-43(50(35-40)72(67,68)69)52-46-33-37-16-12-29-59-31-14-20-44(53(37)59)55(46)70-56-45-21-15-32-60-30-13-17-38(54(45)60)34-47(52)56/h4,8,23-26,33-35,39,41-42,49,58,61,63H,2-3,5-7,9-22,27-32,36H2,1H3,(H-,57,64,67,68,69)/p+1/b8-4-,25-23+/t39?,41?,42-,49?/m1/s1. The Morgan fingerprint density at radius 2 is 1.64 bits per heavy atom. The number of fused-ring (bicyclic) bond motifs is 4. The Bertz CT molecular complexity index is 2980. The van der Waals surface area contributed by atoms with Gasteiger partial charge in [0.25, 0.3) is 10.1 Å². The summed E-state index contributed by atoms with van der Waals surface area (Å²) in [5, 5.41) is 25.7. The van der Waals surface area contributed by atoms with E-state index in [2.05, 4.69) is 38.6 Å². The number of nitrogens with zero attached hydrogens (tertiary/aromatic N) is 2. The molecule has 16 heteroatoms. The molecule has 3 aromatic carbocycles. The van der Waals surface area contributed by atoms with Crippen LogP contribution in [-0.2, 0) is 55.4 Å². The van der Waals surface area contributed by atoms with Crippen LogP contribution in [0.1, 0.15) is 143 Å². The highest BCUT2D eigenvalue weighted by Gasteiger charge is 2.40. The van der Waals surface area contributed by atoms with Crippen LogP contribution in [0.15, 0.2) is 64.4 Å². The fourth-order valence-electron chi connectivity index (χ4n) is 12.2. The number of ketones is 1. The molecule has 388 valence electrons. The van der Waals surface area contributed by atoms with Gasteiger partial charge >= 0.3 is 0 Å². The van der Waals surface area contributed by atoms with E-state index < -0.39 is 37.2 Å². The second kappa shape index (κ2) is 22.8. The molecule has 5 heterocycles. The van der Waals surface area contributed by atoms with Gasteiger partial charge in [-0.05, 0) is 107 Å². The van der Waals surface area contributed by atoms with Gasteiger partial charge in [0.1, 0.15) is 35.3 Å². The highest BCUT2D eigenvalue weighted by molar-refractivity contribution is 7.89. The summed E-state index contributed by atoms with van der Waals surface area (Å²) >= 11 is 0. The van der Waals surface area contributed by atoms with Crippen molar-refractivity contribution in [3.8, 4) is 11.5 Å². The summed E-state index contributed by atoms with van der Waals surface area (Å²) in [5.41, 5.74) is 7.49. The lowest BCUT2D eigenvalue weighted by atomic mass is 9.82. The van der Waals surface area contributed by atoms with Crippen LogP contribution in [0, 0.1) is 11.8 Å². The number of ether oxygens (including phenoxy) is 1. The molecule has 0 saturated heterocycles. The number of rotatable bonds is 22. The van der Waals surface area contributed by atoms with Crippen molar-refractivity contribution in [3.63, 3.8) is 0 Å². The molecule has 1 saturated carbocycles. The van der Waals surface area contributed by atoms with Crippen LogP contribution in [0.25, 0.3) is 5.57 Å². The average molecular weight is 1030 g/mol. The first-order valence-corrected chi connectivity index (χ1v) is 29.7. The largest absolute Gasteiger partial charge is 0.455 e. The molecule has 3 unspecified atom stereocenters. The van der Waals surface area contributed by atoms with E-state index in [1.807, 2.05) is 12.2 Å². The van der Waals surface area contributed by atoms with Gasteiger partial charge in [-0.1, -0.05) is 63.0 Å². The molecule has 0 spiro atoms. The number of nitrogens with one attached hydrogen (secondary N) is 2. The number of aliphatic hydroxyl groups excluding tert-OH is 2. The minimum Gasteiger partial charge on any atom is -0.455 e. The third kappa shape index (κ3) is 11.3. The topological polar surface area (TPSA) is 203 Å². The van der Waals surface area contributed by atoms with Gasteiger partial charge < -0.3 is 25.2 Å². The minimum absolute atomic E-state index is 0.0258. The Hall–Kier alpha value is -4.71. The number of hydrogen-bond donors (Lipinski definition) is 5. The molecular formula is C56H73N4O10S2+. The fraction of sp³-hybridized carbons (Fsp3) is 0.554. The molecule has 0 bridgehead atoms. The zero-order valence-electron chi connectivity index (χ0n) is 41.8. The van der Waals surface area contributed by atoms with Crippen molar-refractivity contribution in [2.24, 2.45) is 11.8 Å². The maximum absolute atomic E-state index is 13.8. The van der Waals surface area contributed by atoms with E-state index in [-0.39, 0.29) is 47.0 Å². The third-order valence-corrected chi connectivity index (χ3v) is 18.0. The molecule has 1 amide bonds. The van der Waals surface area contributed by atoms with Crippen molar-refractivity contribution in [3.05, 3.63) is 98.6 Å². The Kier molecular flexibility index (Phi) is 16.5. The number of Topliss-reactive ketones (excluding diaryl/α,β-unsaturated/α-hetero) is 1. The van der Waals surface area contributed by atoms with Gasteiger partial charge in [-0.3, -0.25) is 14.1 Å². The van der Waals surface area contributed by atoms with E-state index >= 15 is 0 Å². The molecule has 3 aromatic rings. The maximum atomic E-state index is 13.8. The molecular weight excluding hydrogens is 953 g/mol. The van der Waals surface area contributed by atoms with Crippen LogP contribution in [-0.4, -0.2) is 94.8 Å². The second-order valence-electron chi connectivity index (χ2n) is 20.8. The summed E-state index contributed by atoms with van der Waals surface area (Å²) in [5.74, 6) is 0.751. The summed E-state index contributed by atoms with van der Waals surface area (Å²) in [6.07, 6.45) is 21.2. The number of aliphatic hydroxyl groups is 2. The van der Waals surface area contributed by atoms with Crippen LogP contribution in [0.4, 0.5) is 5.69 Å². The van der Waals surface area contributed by atoms with Crippen molar-refractivity contribution in [2.75, 3.05) is 44.2 Å². The van der Waals surface area contributed by atoms with Gasteiger partial charge in [0.05, 0.1) is 22.7 Å². The molecule has 14 nitrogen and oxygen atoms in total. The van der Waals surface area contributed by atoms with Gasteiger partial charge in [-0.15, -0.1) is 0 Å². The summed E-state index contributed by atoms with van der Waals surface area (Å²) in [4.78, 5) is 26.8. The minimum atomic E-state index is -4.94. The number of allylic oxidation sites excluding steroid dienone is 2. The summed E-state index contributed by atoms with van der Waals surface area (Å²) in [6, 6.07) is 8.31. The van der Waals surface area contributed by atoms with E-state index in [0.717, 1.165) is 136 Å². The number of carbonyl (C=O) groups is 2. The smallest absolute Gasteiger partial charge is 0.295 e. The maximum Gasteiger partial charge on any atom is 0.295 e. The van der Waals surface area contributed by atoms with Gasteiger partial charge in [0, 0.05) is 102 Å². The molecule has 72 heavy (non-hydrogen) atoms. The van der Waals surface area contributed by atoms with Gasteiger partial charge in [-0.2, -0.15) is 8.42 Å². The summed E-state index contributed by atoms with van der Waals surface area (Å²) < 4.78 is 77.6. The molecule has 0 aromatic heterocycles. The number of amides is 1. The van der Waals surface area contributed by atoms with Crippen LogP contribution >= 0.6 is 0 Å². The monoisotopic (exact) mass is 1030 g/mol. The molecule has 1 fully saturated rings. The van der Waals surface area contributed by atoms with Gasteiger partial charge in [0.2, 0.25) is 21.3 Å². The highest BCUT2D eigenvalue weighted by atomic mass is 32.2. The molecule has 0 radical (unpaired) electrons. The van der Waals surface area contributed by atoms with Gasteiger partial charge in [-0.25, -0.2) is 17.7 Å². The van der Waals surface area contributed by atoms with Crippen molar-refractivity contribution in [1.82, 2.24) is 14.6 Å². The fourth-order valence-corrected chi connectivity index (χ4v) is 14.0. The number of carbonyl (C=O) groups excluding carboxylic acids is 2. The van der Waals surface area contributed by atoms with Crippen molar-refractivity contribution >= 4 is 43.1 Å². The van der Waals surface area contributed by atoms with E-state index in [1.54, 1.807) is 12.2 Å². The molecule has 4 atom stereocenters. The SMILES string of the molecule is CCCCCC(O)/C=C/[C@H]1C(O)CC(=O)C1C/C=C\CCCC(=O)NCCCCCNS(=O)(=O)c1ccc(C2=c3cc4c5c(c3Oc3c2cc2c6c3CCCN6CCC2)CCC[N+]=5CCC4)c(S(=O)(=O)O)c1. The number of benzene rings is 3. The Balaban J connectivity index is 0.812. The Labute approximate surface area is 425 Å². The summed E-state index contributed by atoms with van der Waals surface area (Å²) in [6.45, 7) is 6.55. The Morgan fingerprint density at radius 3 is 2.44 bits per heavy atom. The molecule has 1 aliphatic carbocycles. The van der Waals surface area contributed by atoms with Crippen molar-refractivity contribution < 1.29 is 45.9 Å². The first-order valence-electron chi connectivity index (χ1n) is 26.8. The Morgan fingerprint density at radius 1 is 0.875 bits per heavy atom. The lowest BCUT2D eigenvalue weighted by Crippen LogP contribution is -2.45. The van der Waals surface area contributed by atoms with Crippen molar-refractivity contribution in [1.29, 1.82) is 0 Å². The van der Waals surface area contributed by atoms with Gasteiger partial charge in [0.15, 0.2) is 0 Å². The summed E-state index contributed by atoms with van der Waals surface area (Å²) in [7, 11) is -9.12. The molecule has 9 rings (SSSR count). The second-order valence-corrected chi connectivity index (χ2v) is 23.9. The number of unbranched alkanes of at least 4 members (excludes halogenated alkanes) is 5. The molecule has 5 aliphatic heterocycles. The number of aryl methyl sites for hydroxylation is 2. The predicted molar refractivity (Wildman–Crippen MR) is 278 cm³/mol. The number of sulfonamides is 1. The van der Waals surface area contributed by atoms with E-state index in [0.29, 0.717) is 63.5 Å². The molecule has 6 aliphatic rings. The number of hydrogen-bond acceptors (Lipinski definition) is 10. The van der Waals surface area contributed by atoms with Crippen LogP contribution in [0.5, 0.6) is 11.5 Å². The van der Waals surface area contributed by atoms with E-state index in [9.17, 15) is 41.2 Å². The van der Waals surface area contributed by atoms with Crippen LogP contribution in [0.2, 0.25) is 0 Å². The third-order valence-electron chi connectivity index (χ3n) is 15.7. The van der Waals surface area contributed by atoms with Crippen LogP contribution in [0.3, 0.4) is 0 Å². The van der Waals surface area contributed by atoms with E-state index in [4.69, 9.17) is 4.74 Å². The van der Waals surface area contributed by atoms with Crippen molar-refractivity contribution in [2.45, 2.75) is 157 Å². The normalized spacial score (nSPS) is 20.9. The first kappa shape index (κ1) is 52.2. The zero-order valence-corrected chi connectivity index (χ0v) is 43.4. The predicted octanol–water partition coefficient (Wildman–Crippen LogP) is 6.11. The highest BCUT2D eigenvalue weighted by Crippen LogP contribution is 2.49. The lowest BCUT2D eigenvalue weighted by Gasteiger charge is -2.39. The lowest BCUT2D eigenvalue weighted by molar-refractivity contribution is -0.121.